The first-order chi connectivity index (χ1) is 9.79. The molecule has 2 rings (SSSR count). The molecule has 0 aliphatic carbocycles. The van der Waals surface area contributed by atoms with E-state index >= 15 is 0 Å². The van der Waals surface area contributed by atoms with Gasteiger partial charge < -0.3 is 5.11 Å². The highest BCUT2D eigenvalue weighted by Gasteiger charge is 2.16. The van der Waals surface area contributed by atoms with Crippen molar-refractivity contribution < 1.29 is 5.11 Å². The summed E-state index contributed by atoms with van der Waals surface area (Å²) in [7, 11) is 0. The summed E-state index contributed by atoms with van der Waals surface area (Å²) in [6, 6.07) is 10.9. The summed E-state index contributed by atoms with van der Waals surface area (Å²) in [5.74, 6) is 1.09. The van der Waals surface area contributed by atoms with Crippen LogP contribution in [0.2, 0.25) is 0 Å². The van der Waals surface area contributed by atoms with E-state index in [0.717, 1.165) is 11.1 Å². The Labute approximate surface area is 128 Å². The molecule has 1 heteroatoms. The normalized spacial score (nSPS) is 11.4. The van der Waals surface area contributed by atoms with Crippen LogP contribution in [0.3, 0.4) is 0 Å². The van der Waals surface area contributed by atoms with Gasteiger partial charge in [0.15, 0.2) is 0 Å². The fourth-order valence-electron chi connectivity index (χ4n) is 2.87. The van der Waals surface area contributed by atoms with Crippen LogP contribution < -0.4 is 0 Å². The maximum absolute atomic E-state index is 10.5. The third-order valence-electron chi connectivity index (χ3n) is 3.97. The standard InChI is InChI=1S/C20H26O/c1-12(2)18-10-17(11-19(13(3)4)20(18)21)16-8-14(5)7-15(6)9-16/h7-13,21H,1-6H3. The molecule has 0 aliphatic rings. The van der Waals surface area contributed by atoms with E-state index in [4.69, 9.17) is 0 Å². The van der Waals surface area contributed by atoms with Crippen LogP contribution in [0.15, 0.2) is 30.3 Å². The van der Waals surface area contributed by atoms with E-state index in [1.807, 2.05) is 0 Å². The Morgan fingerprint density at radius 1 is 0.667 bits per heavy atom. The van der Waals surface area contributed by atoms with Gasteiger partial charge in [0.1, 0.15) is 5.75 Å². The van der Waals surface area contributed by atoms with Gasteiger partial charge in [0.25, 0.3) is 0 Å². The summed E-state index contributed by atoms with van der Waals surface area (Å²) in [5.41, 5.74) is 7.06. The fraction of sp³-hybridized carbons (Fsp3) is 0.400. The lowest BCUT2D eigenvalue weighted by Gasteiger charge is -2.18. The molecule has 0 atom stereocenters. The summed E-state index contributed by atoms with van der Waals surface area (Å²) < 4.78 is 0. The maximum atomic E-state index is 10.5. The van der Waals surface area contributed by atoms with Gasteiger partial charge in [-0.05, 0) is 60.1 Å². The molecule has 1 nitrogen and oxygen atoms in total. The third-order valence-corrected chi connectivity index (χ3v) is 3.97. The Morgan fingerprint density at radius 2 is 1.05 bits per heavy atom. The average Bonchev–Trinajstić information content (AvgIpc) is 2.36. The molecule has 112 valence electrons. The molecule has 21 heavy (non-hydrogen) atoms. The quantitative estimate of drug-likeness (QED) is 0.740. The van der Waals surface area contributed by atoms with E-state index < -0.39 is 0 Å². The molecule has 0 aromatic heterocycles. The first kappa shape index (κ1) is 15.6. The second kappa shape index (κ2) is 5.93. The summed E-state index contributed by atoms with van der Waals surface area (Å²) in [5, 5.41) is 10.5. The number of benzene rings is 2. The van der Waals surface area contributed by atoms with E-state index in [1.54, 1.807) is 0 Å². The minimum absolute atomic E-state index is 0.313. The van der Waals surface area contributed by atoms with Crippen molar-refractivity contribution in [2.75, 3.05) is 0 Å². The van der Waals surface area contributed by atoms with Crippen molar-refractivity contribution in [2.24, 2.45) is 0 Å². The lowest BCUT2D eigenvalue weighted by Crippen LogP contribution is -1.97. The second-order valence-corrected chi connectivity index (χ2v) is 6.69. The molecule has 0 saturated carbocycles. The van der Waals surface area contributed by atoms with Gasteiger partial charge in [0.05, 0.1) is 0 Å². The number of phenolic OH excluding ortho intramolecular Hbond substituents is 1. The highest BCUT2D eigenvalue weighted by atomic mass is 16.3. The van der Waals surface area contributed by atoms with Crippen LogP contribution in [0.4, 0.5) is 0 Å². The van der Waals surface area contributed by atoms with Gasteiger partial charge >= 0.3 is 0 Å². The van der Waals surface area contributed by atoms with Crippen LogP contribution in [0.25, 0.3) is 11.1 Å². The summed E-state index contributed by atoms with van der Waals surface area (Å²) in [6.45, 7) is 12.8. The number of rotatable bonds is 3. The average molecular weight is 282 g/mol. The molecule has 0 bridgehead atoms. The predicted octanol–water partition coefficient (Wildman–Crippen LogP) is 5.92. The van der Waals surface area contributed by atoms with Gasteiger partial charge in [-0.15, -0.1) is 0 Å². The summed E-state index contributed by atoms with van der Waals surface area (Å²) in [4.78, 5) is 0. The molecule has 0 saturated heterocycles. The van der Waals surface area contributed by atoms with Crippen molar-refractivity contribution >= 4 is 0 Å². The molecule has 0 radical (unpaired) electrons. The molecular formula is C20H26O. The Morgan fingerprint density at radius 3 is 1.43 bits per heavy atom. The Hall–Kier alpha value is -1.76. The van der Waals surface area contributed by atoms with Crippen molar-refractivity contribution in [3.05, 3.63) is 52.6 Å². The highest BCUT2D eigenvalue weighted by molar-refractivity contribution is 5.69. The topological polar surface area (TPSA) is 20.2 Å². The van der Waals surface area contributed by atoms with E-state index in [-0.39, 0.29) is 0 Å². The highest BCUT2D eigenvalue weighted by Crippen LogP contribution is 2.38. The smallest absolute Gasteiger partial charge is 0.122 e. The number of hydrogen-bond acceptors (Lipinski definition) is 1. The number of aromatic hydroxyl groups is 1. The van der Waals surface area contributed by atoms with Crippen LogP contribution in [0, 0.1) is 13.8 Å². The van der Waals surface area contributed by atoms with E-state index in [0.29, 0.717) is 17.6 Å². The lowest BCUT2D eigenvalue weighted by atomic mass is 9.89. The van der Waals surface area contributed by atoms with Gasteiger partial charge in [-0.1, -0.05) is 57.0 Å². The van der Waals surface area contributed by atoms with Crippen molar-refractivity contribution in [3.8, 4) is 16.9 Å². The van der Waals surface area contributed by atoms with Crippen LogP contribution in [-0.2, 0) is 0 Å². The lowest BCUT2D eigenvalue weighted by molar-refractivity contribution is 0.454. The molecule has 2 aromatic carbocycles. The first-order valence-corrected chi connectivity index (χ1v) is 7.75. The first-order valence-electron chi connectivity index (χ1n) is 7.75. The Kier molecular flexibility index (Phi) is 4.41. The Balaban J connectivity index is 2.68. The van der Waals surface area contributed by atoms with E-state index in [2.05, 4.69) is 71.9 Å². The summed E-state index contributed by atoms with van der Waals surface area (Å²) >= 11 is 0. The number of hydrogen-bond donors (Lipinski definition) is 1. The van der Waals surface area contributed by atoms with Gasteiger partial charge in [0.2, 0.25) is 0 Å². The molecule has 0 unspecified atom stereocenters. The molecule has 0 heterocycles. The molecule has 1 N–H and O–H groups in total. The molecule has 2 aromatic rings. The van der Waals surface area contributed by atoms with Crippen molar-refractivity contribution in [3.63, 3.8) is 0 Å². The largest absolute Gasteiger partial charge is 0.507 e. The van der Waals surface area contributed by atoms with E-state index in [1.165, 1.54) is 22.3 Å². The number of phenols is 1. The van der Waals surface area contributed by atoms with Crippen LogP contribution in [0.5, 0.6) is 5.75 Å². The molecule has 0 aliphatic heterocycles. The maximum Gasteiger partial charge on any atom is 0.122 e. The van der Waals surface area contributed by atoms with Gasteiger partial charge in [-0.25, -0.2) is 0 Å². The van der Waals surface area contributed by atoms with E-state index in [9.17, 15) is 5.11 Å². The van der Waals surface area contributed by atoms with Crippen LogP contribution in [0.1, 0.15) is 61.8 Å². The molecule has 0 fully saturated rings. The zero-order chi connectivity index (χ0) is 15.7. The van der Waals surface area contributed by atoms with Crippen LogP contribution in [-0.4, -0.2) is 5.11 Å². The Bertz CT molecular complexity index is 602. The molecular weight excluding hydrogens is 256 g/mol. The molecule has 0 spiro atoms. The fourth-order valence-corrected chi connectivity index (χ4v) is 2.87. The zero-order valence-electron chi connectivity index (χ0n) is 14.0. The second-order valence-electron chi connectivity index (χ2n) is 6.69. The van der Waals surface area contributed by atoms with Crippen molar-refractivity contribution in [1.82, 2.24) is 0 Å². The number of aryl methyl sites for hydroxylation is 2. The summed E-state index contributed by atoms with van der Waals surface area (Å²) in [6.07, 6.45) is 0. The van der Waals surface area contributed by atoms with Gasteiger partial charge in [0, 0.05) is 0 Å². The minimum Gasteiger partial charge on any atom is -0.507 e. The van der Waals surface area contributed by atoms with Gasteiger partial charge in [-0.2, -0.15) is 0 Å². The molecule has 0 amide bonds. The minimum atomic E-state index is 0.313. The van der Waals surface area contributed by atoms with Crippen molar-refractivity contribution in [1.29, 1.82) is 0 Å². The zero-order valence-corrected chi connectivity index (χ0v) is 14.0. The van der Waals surface area contributed by atoms with Crippen molar-refractivity contribution in [2.45, 2.75) is 53.4 Å². The third kappa shape index (κ3) is 3.29. The van der Waals surface area contributed by atoms with Gasteiger partial charge in [-0.3, -0.25) is 0 Å². The predicted molar refractivity (Wildman–Crippen MR) is 91.2 cm³/mol. The monoisotopic (exact) mass is 282 g/mol. The van der Waals surface area contributed by atoms with Crippen LogP contribution >= 0.6 is 0 Å². The SMILES string of the molecule is Cc1cc(C)cc(-c2cc(C(C)C)c(O)c(C(C)C)c2)c1.